The Morgan fingerprint density at radius 1 is 1.24 bits per heavy atom. The molecule has 0 saturated heterocycles. The number of hydrogen-bond acceptors (Lipinski definition) is 7. The van der Waals surface area contributed by atoms with Gasteiger partial charge in [-0.3, -0.25) is 4.57 Å². The van der Waals surface area contributed by atoms with Crippen LogP contribution < -0.4 is 5.73 Å². The first-order chi connectivity index (χ1) is 7.81. The summed E-state index contributed by atoms with van der Waals surface area (Å²) in [6, 6.07) is 0. The summed E-state index contributed by atoms with van der Waals surface area (Å²) in [4.78, 5) is 0. The van der Waals surface area contributed by atoms with Crippen molar-refractivity contribution < 1.29 is 13.6 Å². The van der Waals surface area contributed by atoms with Crippen LogP contribution >= 0.6 is 18.9 Å². The van der Waals surface area contributed by atoms with Gasteiger partial charge in [0, 0.05) is 0 Å². The van der Waals surface area contributed by atoms with E-state index in [-0.39, 0.29) is 18.4 Å². The topological polar surface area (TPSA) is 87.3 Å². The standard InChI is InChI=1S/C9H18N3O3PS/c1-6(2)14-16(13,15-7(3)4)5-8-11-12-9(10)17-8/h6-7H,5H2,1-4H3,(H2,10,12). The summed E-state index contributed by atoms with van der Waals surface area (Å²) in [6.45, 7) is 7.24. The SMILES string of the molecule is CC(C)OP(=O)(Cc1nnc(N)s1)OC(C)C. The van der Waals surface area contributed by atoms with E-state index in [9.17, 15) is 4.57 Å². The van der Waals surface area contributed by atoms with Crippen molar-refractivity contribution in [2.75, 3.05) is 5.73 Å². The molecule has 0 saturated carbocycles. The molecule has 1 rings (SSSR count). The number of rotatable bonds is 6. The molecule has 17 heavy (non-hydrogen) atoms. The number of anilines is 1. The normalized spacial score (nSPS) is 12.6. The number of hydrogen-bond donors (Lipinski definition) is 1. The van der Waals surface area contributed by atoms with E-state index in [4.69, 9.17) is 14.8 Å². The summed E-state index contributed by atoms with van der Waals surface area (Å²) >= 11 is 1.19. The summed E-state index contributed by atoms with van der Waals surface area (Å²) in [5, 5.41) is 8.41. The van der Waals surface area contributed by atoms with Gasteiger partial charge in [0.25, 0.3) is 0 Å². The maximum atomic E-state index is 12.5. The molecule has 0 aliphatic carbocycles. The van der Waals surface area contributed by atoms with Crippen LogP contribution in [0.3, 0.4) is 0 Å². The predicted octanol–water partition coefficient (Wildman–Crippen LogP) is 2.66. The molecule has 0 amide bonds. The fraction of sp³-hybridized carbons (Fsp3) is 0.778. The van der Waals surface area contributed by atoms with Gasteiger partial charge in [-0.2, -0.15) is 0 Å². The minimum Gasteiger partial charge on any atom is -0.374 e. The van der Waals surface area contributed by atoms with Crippen LogP contribution in [0.4, 0.5) is 5.13 Å². The molecule has 1 heterocycles. The van der Waals surface area contributed by atoms with Gasteiger partial charge in [-0.1, -0.05) is 11.3 Å². The summed E-state index contributed by atoms with van der Waals surface area (Å²) in [6.07, 6.45) is -0.243. The Morgan fingerprint density at radius 2 is 1.76 bits per heavy atom. The van der Waals surface area contributed by atoms with Gasteiger partial charge in [-0.05, 0) is 27.7 Å². The quantitative estimate of drug-likeness (QED) is 0.805. The highest BCUT2D eigenvalue weighted by atomic mass is 32.1. The van der Waals surface area contributed by atoms with Crippen LogP contribution in [0, 0.1) is 0 Å². The molecule has 6 nitrogen and oxygen atoms in total. The lowest BCUT2D eigenvalue weighted by molar-refractivity contribution is 0.141. The van der Waals surface area contributed by atoms with Crippen LogP contribution in [0.5, 0.6) is 0 Å². The zero-order valence-electron chi connectivity index (χ0n) is 10.4. The first-order valence-electron chi connectivity index (χ1n) is 5.34. The molecular weight excluding hydrogens is 261 g/mol. The van der Waals surface area contributed by atoms with Gasteiger partial charge in [0.15, 0.2) is 0 Å². The highest BCUT2D eigenvalue weighted by Gasteiger charge is 2.29. The average Bonchev–Trinajstić information content (AvgIpc) is 2.46. The molecule has 98 valence electrons. The molecule has 0 spiro atoms. The molecule has 8 heteroatoms. The second-order valence-corrected chi connectivity index (χ2v) is 7.16. The van der Waals surface area contributed by atoms with Crippen molar-refractivity contribution in [1.29, 1.82) is 0 Å². The molecule has 0 fully saturated rings. The summed E-state index contributed by atoms with van der Waals surface area (Å²) in [7, 11) is -3.19. The third-order valence-corrected chi connectivity index (χ3v) is 4.69. The van der Waals surface area contributed by atoms with Gasteiger partial charge in [0.1, 0.15) is 11.2 Å². The van der Waals surface area contributed by atoms with Crippen molar-refractivity contribution in [3.63, 3.8) is 0 Å². The van der Waals surface area contributed by atoms with E-state index in [1.54, 1.807) is 0 Å². The monoisotopic (exact) mass is 279 g/mol. The van der Waals surface area contributed by atoms with E-state index in [2.05, 4.69) is 10.2 Å². The first kappa shape index (κ1) is 14.6. The van der Waals surface area contributed by atoms with Gasteiger partial charge < -0.3 is 14.8 Å². The molecule has 1 aromatic rings. The van der Waals surface area contributed by atoms with Crippen molar-refractivity contribution in [3.05, 3.63) is 5.01 Å². The Kier molecular flexibility index (Phi) is 5.06. The zero-order chi connectivity index (χ0) is 13.1. The second-order valence-electron chi connectivity index (χ2n) is 4.11. The Labute approximate surface area is 105 Å². The number of nitrogens with two attached hydrogens (primary N) is 1. The number of nitrogens with zero attached hydrogens (tertiary/aromatic N) is 2. The van der Waals surface area contributed by atoms with Crippen LogP contribution in [0.15, 0.2) is 0 Å². The van der Waals surface area contributed by atoms with Crippen LogP contribution in [-0.2, 0) is 19.8 Å². The van der Waals surface area contributed by atoms with E-state index < -0.39 is 7.60 Å². The maximum Gasteiger partial charge on any atom is 0.338 e. The third kappa shape index (κ3) is 5.12. The third-order valence-electron chi connectivity index (χ3n) is 1.55. The fourth-order valence-corrected chi connectivity index (χ4v) is 4.25. The maximum absolute atomic E-state index is 12.5. The molecule has 2 N–H and O–H groups in total. The van der Waals surface area contributed by atoms with Crippen molar-refractivity contribution in [3.8, 4) is 0 Å². The Hall–Kier alpha value is -0.490. The van der Waals surface area contributed by atoms with Crippen molar-refractivity contribution >= 4 is 24.1 Å². The van der Waals surface area contributed by atoms with Crippen molar-refractivity contribution in [2.24, 2.45) is 0 Å². The van der Waals surface area contributed by atoms with E-state index in [0.717, 1.165) is 0 Å². The molecule has 0 radical (unpaired) electrons. The van der Waals surface area contributed by atoms with Crippen molar-refractivity contribution in [1.82, 2.24) is 10.2 Å². The second kappa shape index (κ2) is 5.91. The molecule has 1 aromatic heterocycles. The molecule has 0 aliphatic rings. The Balaban J connectivity index is 2.79. The predicted molar refractivity (Wildman–Crippen MR) is 68.1 cm³/mol. The first-order valence-corrected chi connectivity index (χ1v) is 7.89. The Bertz CT molecular complexity index is 394. The molecule has 0 unspecified atom stereocenters. The summed E-state index contributed by atoms with van der Waals surface area (Å²) in [5.74, 6) is 0. The highest BCUT2D eigenvalue weighted by molar-refractivity contribution is 7.53. The van der Waals surface area contributed by atoms with Crippen molar-refractivity contribution in [2.45, 2.75) is 46.1 Å². The molecule has 0 aromatic carbocycles. The lowest BCUT2D eigenvalue weighted by atomic mass is 10.5. The van der Waals surface area contributed by atoms with Gasteiger partial charge in [0.05, 0.1) is 12.2 Å². The minimum atomic E-state index is -3.19. The number of aromatic nitrogens is 2. The van der Waals surface area contributed by atoms with Gasteiger partial charge in [0.2, 0.25) is 5.13 Å². The zero-order valence-corrected chi connectivity index (χ0v) is 12.1. The van der Waals surface area contributed by atoms with Gasteiger partial charge in [-0.25, -0.2) is 0 Å². The average molecular weight is 279 g/mol. The molecule has 0 bridgehead atoms. The van der Waals surface area contributed by atoms with E-state index in [1.807, 2.05) is 27.7 Å². The number of nitrogen functional groups attached to an aromatic ring is 1. The van der Waals surface area contributed by atoms with Gasteiger partial charge in [-0.15, -0.1) is 10.2 Å². The van der Waals surface area contributed by atoms with Crippen LogP contribution in [0.1, 0.15) is 32.7 Å². The van der Waals surface area contributed by atoms with Crippen LogP contribution in [-0.4, -0.2) is 22.4 Å². The van der Waals surface area contributed by atoms with E-state index in [0.29, 0.717) is 10.1 Å². The van der Waals surface area contributed by atoms with E-state index in [1.165, 1.54) is 11.3 Å². The largest absolute Gasteiger partial charge is 0.374 e. The van der Waals surface area contributed by atoms with E-state index >= 15 is 0 Å². The highest BCUT2D eigenvalue weighted by Crippen LogP contribution is 2.53. The molecular formula is C9H18N3O3PS. The lowest BCUT2D eigenvalue weighted by Crippen LogP contribution is -2.09. The Morgan fingerprint density at radius 3 is 2.12 bits per heavy atom. The smallest absolute Gasteiger partial charge is 0.338 e. The van der Waals surface area contributed by atoms with Crippen LogP contribution in [0.2, 0.25) is 0 Å². The lowest BCUT2D eigenvalue weighted by Gasteiger charge is -2.21. The summed E-state index contributed by atoms with van der Waals surface area (Å²) < 4.78 is 23.3. The fourth-order valence-electron chi connectivity index (χ4n) is 1.24. The molecule has 0 aliphatic heterocycles. The summed E-state index contributed by atoms with van der Waals surface area (Å²) in [5.41, 5.74) is 5.47. The minimum absolute atomic E-state index is 0.109. The molecule has 0 atom stereocenters. The van der Waals surface area contributed by atoms with Crippen LogP contribution in [0.25, 0.3) is 0 Å². The van der Waals surface area contributed by atoms with Gasteiger partial charge >= 0.3 is 7.60 Å².